The minimum absolute atomic E-state index is 0.0530. The number of hydrogen-bond acceptors (Lipinski definition) is 2. The Balaban J connectivity index is 1.76. The highest BCUT2D eigenvalue weighted by Gasteiger charge is 2.11. The summed E-state index contributed by atoms with van der Waals surface area (Å²) < 4.78 is 15.6. The van der Waals surface area contributed by atoms with Crippen molar-refractivity contribution in [1.82, 2.24) is 14.9 Å². The Morgan fingerprint density at radius 1 is 1.27 bits per heavy atom. The van der Waals surface area contributed by atoms with E-state index in [0.29, 0.717) is 6.54 Å². The summed E-state index contributed by atoms with van der Waals surface area (Å²) in [4.78, 5) is 16.5. The van der Waals surface area contributed by atoms with Crippen LogP contribution in [0, 0.1) is 12.7 Å². The van der Waals surface area contributed by atoms with Gasteiger partial charge in [-0.15, -0.1) is 0 Å². The van der Waals surface area contributed by atoms with Crippen LogP contribution >= 0.6 is 0 Å². The van der Waals surface area contributed by atoms with Crippen LogP contribution in [-0.2, 0) is 13.6 Å². The lowest BCUT2D eigenvalue weighted by atomic mass is 10.1. The van der Waals surface area contributed by atoms with E-state index in [-0.39, 0.29) is 5.56 Å². The molecule has 0 saturated carbocycles. The maximum atomic E-state index is 13.5. The van der Waals surface area contributed by atoms with Gasteiger partial charge < -0.3 is 9.88 Å². The highest BCUT2D eigenvalue weighted by atomic mass is 19.1. The van der Waals surface area contributed by atoms with Crippen LogP contribution in [0.15, 0.2) is 42.5 Å². The van der Waals surface area contributed by atoms with Crippen molar-refractivity contribution < 1.29 is 9.18 Å². The van der Waals surface area contributed by atoms with Crippen LogP contribution in [0.2, 0.25) is 0 Å². The van der Waals surface area contributed by atoms with Crippen LogP contribution in [0.3, 0.4) is 0 Å². The average molecular weight is 297 g/mol. The average Bonchev–Trinajstić information content (AvgIpc) is 2.80. The summed E-state index contributed by atoms with van der Waals surface area (Å²) in [5.41, 5.74) is 2.91. The molecule has 0 unspecified atom stereocenters. The second-order valence-electron chi connectivity index (χ2n) is 5.20. The van der Waals surface area contributed by atoms with Gasteiger partial charge in [-0.25, -0.2) is 9.37 Å². The van der Waals surface area contributed by atoms with Gasteiger partial charge in [-0.3, -0.25) is 4.79 Å². The van der Waals surface area contributed by atoms with E-state index in [1.165, 1.54) is 12.1 Å². The predicted octanol–water partition coefficient (Wildman–Crippen LogP) is 2.95. The lowest BCUT2D eigenvalue weighted by molar-refractivity contribution is 0.0947. The minimum Gasteiger partial charge on any atom is -0.348 e. The van der Waals surface area contributed by atoms with E-state index >= 15 is 0 Å². The first kappa shape index (κ1) is 14.3. The zero-order chi connectivity index (χ0) is 15.7. The third-order valence-electron chi connectivity index (χ3n) is 3.74. The molecular weight excluding hydrogens is 281 g/mol. The normalized spacial score (nSPS) is 10.9. The molecule has 0 aliphatic rings. The molecule has 3 aromatic rings. The molecule has 0 aliphatic heterocycles. The lowest BCUT2D eigenvalue weighted by Gasteiger charge is -2.06. The summed E-state index contributed by atoms with van der Waals surface area (Å²) in [5.74, 6) is -0.00579. The molecule has 22 heavy (non-hydrogen) atoms. The fourth-order valence-electron chi connectivity index (χ4n) is 2.40. The van der Waals surface area contributed by atoms with Crippen molar-refractivity contribution in [1.29, 1.82) is 0 Å². The Labute approximate surface area is 127 Å². The molecule has 1 heterocycles. The standard InChI is InChI=1S/C17H16FN3O/c1-11-20-15-9-12(7-8-16(15)21(11)2)10-19-17(22)13-5-3-4-6-14(13)18/h3-9H,10H2,1-2H3,(H,19,22). The van der Waals surface area contributed by atoms with Crippen LogP contribution in [0.4, 0.5) is 4.39 Å². The van der Waals surface area contributed by atoms with Crippen LogP contribution in [-0.4, -0.2) is 15.5 Å². The monoisotopic (exact) mass is 297 g/mol. The van der Waals surface area contributed by atoms with Gasteiger partial charge in [0.25, 0.3) is 5.91 Å². The smallest absolute Gasteiger partial charge is 0.254 e. The summed E-state index contributed by atoms with van der Waals surface area (Å²) in [7, 11) is 1.96. The van der Waals surface area contributed by atoms with Gasteiger partial charge in [-0.1, -0.05) is 18.2 Å². The number of hydrogen-bond donors (Lipinski definition) is 1. The maximum Gasteiger partial charge on any atom is 0.254 e. The number of aryl methyl sites for hydroxylation is 2. The molecule has 0 aliphatic carbocycles. The van der Waals surface area contributed by atoms with Crippen molar-refractivity contribution >= 4 is 16.9 Å². The maximum absolute atomic E-state index is 13.5. The summed E-state index contributed by atoms with van der Waals surface area (Å²) in [6.07, 6.45) is 0. The van der Waals surface area contributed by atoms with E-state index in [9.17, 15) is 9.18 Å². The number of nitrogens with zero attached hydrogens (tertiary/aromatic N) is 2. The van der Waals surface area contributed by atoms with Crippen molar-refractivity contribution in [3.05, 3.63) is 65.2 Å². The molecule has 0 atom stereocenters. The molecule has 1 aromatic heterocycles. The van der Waals surface area contributed by atoms with Crippen molar-refractivity contribution in [2.75, 3.05) is 0 Å². The minimum atomic E-state index is -0.518. The van der Waals surface area contributed by atoms with Gasteiger partial charge in [0.15, 0.2) is 0 Å². The van der Waals surface area contributed by atoms with Gasteiger partial charge in [0, 0.05) is 13.6 Å². The van der Waals surface area contributed by atoms with Gasteiger partial charge in [-0.05, 0) is 36.8 Å². The largest absolute Gasteiger partial charge is 0.348 e. The lowest BCUT2D eigenvalue weighted by Crippen LogP contribution is -2.23. The summed E-state index contributed by atoms with van der Waals surface area (Å²) in [6.45, 7) is 2.28. The molecule has 1 amide bonds. The zero-order valence-corrected chi connectivity index (χ0v) is 12.4. The molecule has 1 N–H and O–H groups in total. The van der Waals surface area contributed by atoms with E-state index in [4.69, 9.17) is 0 Å². The summed E-state index contributed by atoms with van der Waals surface area (Å²) in [6, 6.07) is 11.8. The molecular formula is C17H16FN3O. The quantitative estimate of drug-likeness (QED) is 0.808. The Morgan fingerprint density at radius 3 is 2.82 bits per heavy atom. The van der Waals surface area contributed by atoms with Crippen molar-refractivity contribution in [3.63, 3.8) is 0 Å². The predicted molar refractivity (Wildman–Crippen MR) is 83.0 cm³/mol. The van der Waals surface area contributed by atoms with Crippen LogP contribution in [0.1, 0.15) is 21.7 Å². The van der Waals surface area contributed by atoms with Gasteiger partial charge in [0.05, 0.1) is 16.6 Å². The van der Waals surface area contributed by atoms with Crippen LogP contribution < -0.4 is 5.32 Å². The van der Waals surface area contributed by atoms with Gasteiger partial charge in [0.2, 0.25) is 0 Å². The van der Waals surface area contributed by atoms with E-state index in [2.05, 4.69) is 10.3 Å². The molecule has 0 radical (unpaired) electrons. The van der Waals surface area contributed by atoms with Crippen molar-refractivity contribution in [2.45, 2.75) is 13.5 Å². The number of imidazole rings is 1. The molecule has 5 heteroatoms. The number of amides is 1. The molecule has 3 rings (SSSR count). The third kappa shape index (κ3) is 2.57. The van der Waals surface area contributed by atoms with Crippen molar-refractivity contribution in [2.24, 2.45) is 7.05 Å². The van der Waals surface area contributed by atoms with E-state index in [0.717, 1.165) is 22.4 Å². The first-order valence-electron chi connectivity index (χ1n) is 7.01. The number of carbonyl (C=O) groups is 1. The van der Waals surface area contributed by atoms with E-state index in [1.54, 1.807) is 12.1 Å². The van der Waals surface area contributed by atoms with Crippen LogP contribution in [0.25, 0.3) is 11.0 Å². The zero-order valence-electron chi connectivity index (χ0n) is 12.4. The van der Waals surface area contributed by atoms with Crippen LogP contribution in [0.5, 0.6) is 0 Å². The number of aromatic nitrogens is 2. The van der Waals surface area contributed by atoms with Gasteiger partial charge in [-0.2, -0.15) is 0 Å². The molecule has 112 valence electrons. The molecule has 0 saturated heterocycles. The van der Waals surface area contributed by atoms with E-state index < -0.39 is 11.7 Å². The number of fused-ring (bicyclic) bond motifs is 1. The first-order valence-corrected chi connectivity index (χ1v) is 7.01. The Morgan fingerprint density at radius 2 is 2.05 bits per heavy atom. The number of nitrogens with one attached hydrogen (secondary N) is 1. The molecule has 0 spiro atoms. The van der Waals surface area contributed by atoms with E-state index in [1.807, 2.05) is 36.7 Å². The Bertz CT molecular complexity index is 854. The number of benzene rings is 2. The first-order chi connectivity index (χ1) is 10.6. The SMILES string of the molecule is Cc1nc2cc(CNC(=O)c3ccccc3F)ccc2n1C. The number of halogens is 1. The Hall–Kier alpha value is -2.69. The highest BCUT2D eigenvalue weighted by Crippen LogP contribution is 2.16. The van der Waals surface area contributed by atoms with Gasteiger partial charge >= 0.3 is 0 Å². The number of carbonyl (C=O) groups excluding carboxylic acids is 1. The number of rotatable bonds is 3. The summed E-state index contributed by atoms with van der Waals surface area (Å²) >= 11 is 0. The highest BCUT2D eigenvalue weighted by molar-refractivity contribution is 5.94. The summed E-state index contributed by atoms with van der Waals surface area (Å²) in [5, 5.41) is 2.73. The fourth-order valence-corrected chi connectivity index (χ4v) is 2.40. The molecule has 4 nitrogen and oxygen atoms in total. The second-order valence-corrected chi connectivity index (χ2v) is 5.20. The Kier molecular flexibility index (Phi) is 3.63. The topological polar surface area (TPSA) is 46.9 Å². The third-order valence-corrected chi connectivity index (χ3v) is 3.74. The molecule has 2 aromatic carbocycles. The van der Waals surface area contributed by atoms with Crippen molar-refractivity contribution in [3.8, 4) is 0 Å². The van der Waals surface area contributed by atoms with Gasteiger partial charge in [0.1, 0.15) is 11.6 Å². The molecule has 0 fully saturated rings. The second kappa shape index (κ2) is 5.60. The molecule has 0 bridgehead atoms. The fraction of sp³-hybridized carbons (Fsp3) is 0.176.